The minimum absolute atomic E-state index is 0.361. The smallest absolute Gasteiger partial charge is 0.306 e. The molecule has 0 saturated heterocycles. The van der Waals surface area contributed by atoms with Crippen molar-refractivity contribution < 1.29 is 9.09 Å². The lowest BCUT2D eigenvalue weighted by Gasteiger charge is -2.27. The van der Waals surface area contributed by atoms with Gasteiger partial charge in [0, 0.05) is 12.3 Å². The second kappa shape index (κ2) is 7.66. The van der Waals surface area contributed by atoms with E-state index in [9.17, 15) is 4.57 Å². The predicted octanol–water partition coefficient (Wildman–Crippen LogP) is 3.94. The van der Waals surface area contributed by atoms with Crippen LogP contribution in [-0.4, -0.2) is 29.1 Å². The Bertz CT molecular complexity index is 234. The van der Waals surface area contributed by atoms with Crippen LogP contribution in [0.2, 0.25) is 0 Å². The number of nitrogens with zero attached hydrogens (tertiary/aromatic N) is 1. The lowest BCUT2D eigenvalue weighted by molar-refractivity contribution is 0.325. The van der Waals surface area contributed by atoms with E-state index in [1.165, 1.54) is 21.5 Å². The van der Waals surface area contributed by atoms with Crippen molar-refractivity contribution in [2.45, 2.75) is 38.9 Å². The summed E-state index contributed by atoms with van der Waals surface area (Å²) in [6, 6.07) is 0. The Balaban J connectivity index is 4.63. The summed E-state index contributed by atoms with van der Waals surface area (Å²) in [5, 5.41) is 0.361. The molecule has 0 aromatic rings. The van der Waals surface area contributed by atoms with Crippen molar-refractivity contribution in [3.8, 4) is 0 Å². The van der Waals surface area contributed by atoms with Crippen LogP contribution in [0.3, 0.4) is 0 Å². The quantitative estimate of drug-likeness (QED) is 0.492. The highest BCUT2D eigenvalue weighted by atomic mass is 32.7. The summed E-state index contributed by atoms with van der Waals surface area (Å²) in [5.74, 6) is 0. The zero-order valence-corrected chi connectivity index (χ0v) is 12.3. The van der Waals surface area contributed by atoms with Crippen LogP contribution < -0.4 is 0 Å². The highest BCUT2D eigenvalue weighted by Crippen LogP contribution is 2.63. The van der Waals surface area contributed by atoms with E-state index in [1.807, 2.05) is 6.92 Å². The maximum Gasteiger partial charge on any atom is 0.353 e. The molecule has 0 heterocycles. The molecule has 0 saturated carbocycles. The van der Waals surface area contributed by atoms with Gasteiger partial charge in [-0.1, -0.05) is 26.1 Å². The second-order valence-corrected chi connectivity index (χ2v) is 8.04. The molecule has 0 aliphatic heterocycles. The lowest BCUT2D eigenvalue weighted by Crippen LogP contribution is -2.14. The summed E-state index contributed by atoms with van der Waals surface area (Å²) in [7, 11) is 1.71. The highest BCUT2D eigenvalue weighted by Gasteiger charge is 2.30. The van der Waals surface area contributed by atoms with E-state index in [0.29, 0.717) is 11.9 Å². The first-order valence-corrected chi connectivity index (χ1v) is 8.68. The van der Waals surface area contributed by atoms with Gasteiger partial charge in [-0.25, -0.2) is 0 Å². The zero-order valence-electron chi connectivity index (χ0n) is 9.80. The van der Waals surface area contributed by atoms with E-state index in [4.69, 9.17) is 16.7 Å². The molecule has 1 atom stereocenters. The summed E-state index contributed by atoms with van der Waals surface area (Å²) in [5.41, 5.74) is 1.39. The molecule has 0 aromatic heterocycles. The van der Waals surface area contributed by atoms with Gasteiger partial charge in [-0.3, -0.25) is 9.24 Å². The van der Waals surface area contributed by atoms with Gasteiger partial charge in [-0.2, -0.15) is 0 Å². The molecule has 0 fully saturated rings. The standard InChI is InChI=1S/C9H20NO2PS2/c1-5-9(6-2)15-13(11,12-7-3)10(4)8-14/h8-9H,5-7H2,1-4H3. The van der Waals surface area contributed by atoms with Crippen molar-refractivity contribution in [2.75, 3.05) is 13.7 Å². The molecule has 0 amide bonds. The second-order valence-electron chi connectivity index (χ2n) is 3.11. The molecule has 0 rings (SSSR count). The molecule has 90 valence electrons. The first kappa shape index (κ1) is 15.4. The van der Waals surface area contributed by atoms with Gasteiger partial charge in [0.05, 0.1) is 12.1 Å². The molecule has 1 unspecified atom stereocenters. The number of thiocarbonyl (C=S) groups is 1. The van der Waals surface area contributed by atoms with Gasteiger partial charge in [0.1, 0.15) is 0 Å². The van der Waals surface area contributed by atoms with Gasteiger partial charge < -0.3 is 4.52 Å². The molecular formula is C9H20NO2PS2. The van der Waals surface area contributed by atoms with Gasteiger partial charge >= 0.3 is 6.72 Å². The van der Waals surface area contributed by atoms with Crippen LogP contribution in [0.15, 0.2) is 0 Å². The van der Waals surface area contributed by atoms with Crippen molar-refractivity contribution in [3.63, 3.8) is 0 Å². The Labute approximate surface area is 102 Å². The highest BCUT2D eigenvalue weighted by molar-refractivity contribution is 8.56. The first-order valence-electron chi connectivity index (χ1n) is 5.15. The average molecular weight is 269 g/mol. The van der Waals surface area contributed by atoms with Crippen LogP contribution in [0.4, 0.5) is 0 Å². The van der Waals surface area contributed by atoms with Crippen LogP contribution >= 0.6 is 30.3 Å². The maximum absolute atomic E-state index is 12.4. The Kier molecular flexibility index (Phi) is 7.88. The van der Waals surface area contributed by atoms with E-state index < -0.39 is 6.72 Å². The molecule has 0 radical (unpaired) electrons. The van der Waals surface area contributed by atoms with Crippen molar-refractivity contribution in [2.24, 2.45) is 0 Å². The van der Waals surface area contributed by atoms with E-state index in [0.717, 1.165) is 12.8 Å². The normalized spacial score (nSPS) is 15.0. The molecule has 0 aliphatic carbocycles. The summed E-state index contributed by atoms with van der Waals surface area (Å²) in [6.07, 6.45) is 1.98. The lowest BCUT2D eigenvalue weighted by atomic mass is 10.3. The van der Waals surface area contributed by atoms with Crippen LogP contribution in [0.1, 0.15) is 33.6 Å². The van der Waals surface area contributed by atoms with Crippen molar-refractivity contribution in [1.29, 1.82) is 0 Å². The summed E-state index contributed by atoms with van der Waals surface area (Å²) < 4.78 is 19.3. The summed E-state index contributed by atoms with van der Waals surface area (Å²) >= 11 is 6.21. The fraction of sp³-hybridized carbons (Fsp3) is 0.889. The van der Waals surface area contributed by atoms with Gasteiger partial charge in [0.15, 0.2) is 0 Å². The topological polar surface area (TPSA) is 29.5 Å². The van der Waals surface area contributed by atoms with Gasteiger partial charge in [0.2, 0.25) is 0 Å². The minimum Gasteiger partial charge on any atom is -0.306 e. The van der Waals surface area contributed by atoms with Gasteiger partial charge in [0.25, 0.3) is 0 Å². The van der Waals surface area contributed by atoms with E-state index >= 15 is 0 Å². The molecule has 15 heavy (non-hydrogen) atoms. The Morgan fingerprint density at radius 1 is 1.47 bits per heavy atom. The third-order valence-electron chi connectivity index (χ3n) is 2.02. The largest absolute Gasteiger partial charge is 0.353 e. The third-order valence-corrected chi connectivity index (χ3v) is 7.98. The van der Waals surface area contributed by atoms with E-state index in [-0.39, 0.29) is 0 Å². The zero-order chi connectivity index (χ0) is 11.9. The molecule has 0 spiro atoms. The fourth-order valence-electron chi connectivity index (χ4n) is 1.04. The number of hydrogen-bond acceptors (Lipinski definition) is 4. The predicted molar refractivity (Wildman–Crippen MR) is 72.6 cm³/mol. The van der Waals surface area contributed by atoms with E-state index in [1.54, 1.807) is 7.05 Å². The molecular weight excluding hydrogens is 249 g/mol. The minimum atomic E-state index is -2.81. The van der Waals surface area contributed by atoms with Gasteiger partial charge in [-0.15, -0.1) is 0 Å². The number of hydrogen-bond donors (Lipinski definition) is 0. The van der Waals surface area contributed by atoms with Crippen LogP contribution in [0.5, 0.6) is 0 Å². The van der Waals surface area contributed by atoms with Crippen LogP contribution in [0, 0.1) is 0 Å². The fourth-order valence-corrected chi connectivity index (χ4v) is 6.21. The Hall–Kier alpha value is 0.430. The monoisotopic (exact) mass is 269 g/mol. The first-order chi connectivity index (χ1) is 7.03. The third kappa shape index (κ3) is 4.85. The maximum atomic E-state index is 12.4. The van der Waals surface area contributed by atoms with Crippen molar-refractivity contribution >= 4 is 35.8 Å². The SMILES string of the molecule is CCOP(=O)(SC(CC)CC)N(C)C=S. The van der Waals surface area contributed by atoms with Crippen molar-refractivity contribution in [3.05, 3.63) is 0 Å². The van der Waals surface area contributed by atoms with Crippen LogP contribution in [-0.2, 0) is 9.09 Å². The molecule has 3 nitrogen and oxygen atoms in total. The molecule has 6 heteroatoms. The number of rotatable bonds is 8. The average Bonchev–Trinajstić information content (AvgIpc) is 2.25. The Morgan fingerprint density at radius 2 is 2.00 bits per heavy atom. The molecule has 0 bridgehead atoms. The molecule has 0 aliphatic rings. The summed E-state index contributed by atoms with van der Waals surface area (Å²) in [4.78, 5) is 0. The van der Waals surface area contributed by atoms with Gasteiger partial charge in [-0.05, 0) is 31.1 Å². The van der Waals surface area contributed by atoms with Crippen molar-refractivity contribution in [1.82, 2.24) is 4.67 Å². The van der Waals surface area contributed by atoms with E-state index in [2.05, 4.69) is 13.8 Å². The van der Waals surface area contributed by atoms with Crippen LogP contribution in [0.25, 0.3) is 0 Å². The summed E-state index contributed by atoms with van der Waals surface area (Å²) in [6.45, 7) is 3.66. The Morgan fingerprint density at radius 3 is 2.33 bits per heavy atom. The molecule has 0 aromatic carbocycles. The molecule has 0 N–H and O–H groups in total.